The molecular formula is C13H17IN2. The lowest BCUT2D eigenvalue weighted by Crippen LogP contribution is -2.23. The van der Waals surface area contributed by atoms with Crippen LogP contribution in [0.3, 0.4) is 0 Å². The summed E-state index contributed by atoms with van der Waals surface area (Å²) >= 11 is 2.33. The zero-order chi connectivity index (χ0) is 12.0. The van der Waals surface area contributed by atoms with E-state index in [1.807, 2.05) is 12.1 Å². The average molecular weight is 328 g/mol. The number of rotatable bonds is 5. The summed E-state index contributed by atoms with van der Waals surface area (Å²) in [6.45, 7) is 5.27. The van der Waals surface area contributed by atoms with E-state index in [9.17, 15) is 0 Å². The van der Waals surface area contributed by atoms with Crippen molar-refractivity contribution in [2.45, 2.75) is 26.7 Å². The van der Waals surface area contributed by atoms with Gasteiger partial charge in [-0.05, 0) is 46.6 Å². The summed E-state index contributed by atoms with van der Waals surface area (Å²) in [5.74, 6) is 0. The van der Waals surface area contributed by atoms with Crippen LogP contribution in [0.2, 0.25) is 0 Å². The van der Waals surface area contributed by atoms with Crippen molar-refractivity contribution in [3.05, 3.63) is 27.8 Å². The molecule has 3 heteroatoms. The fourth-order valence-corrected chi connectivity index (χ4v) is 2.00. The maximum absolute atomic E-state index is 8.59. The predicted molar refractivity (Wildman–Crippen MR) is 76.3 cm³/mol. The Morgan fingerprint density at radius 1 is 1.38 bits per heavy atom. The van der Waals surface area contributed by atoms with Gasteiger partial charge in [0.25, 0.3) is 0 Å². The summed E-state index contributed by atoms with van der Waals surface area (Å²) in [7, 11) is 0. The Hall–Kier alpha value is -0.760. The fourth-order valence-electron chi connectivity index (χ4n) is 1.42. The summed E-state index contributed by atoms with van der Waals surface area (Å²) in [6, 6.07) is 10.4. The highest BCUT2D eigenvalue weighted by Gasteiger charge is 2.17. The molecule has 1 N–H and O–H groups in total. The first-order valence-corrected chi connectivity index (χ1v) is 6.48. The van der Waals surface area contributed by atoms with Gasteiger partial charge in [0.2, 0.25) is 0 Å². The van der Waals surface area contributed by atoms with E-state index >= 15 is 0 Å². The second kappa shape index (κ2) is 6.09. The van der Waals surface area contributed by atoms with Crippen LogP contribution in [0.1, 0.15) is 26.7 Å². The molecule has 0 aromatic heterocycles. The monoisotopic (exact) mass is 328 g/mol. The van der Waals surface area contributed by atoms with E-state index < -0.39 is 0 Å². The largest absolute Gasteiger partial charge is 0.384 e. The molecule has 0 saturated carbocycles. The molecule has 1 aromatic rings. The van der Waals surface area contributed by atoms with E-state index in [1.54, 1.807) is 0 Å². The first-order valence-electron chi connectivity index (χ1n) is 5.40. The van der Waals surface area contributed by atoms with Gasteiger partial charge in [-0.1, -0.05) is 26.0 Å². The van der Waals surface area contributed by atoms with E-state index in [2.05, 4.69) is 60.0 Å². The molecule has 0 bridgehead atoms. The van der Waals surface area contributed by atoms with Crippen molar-refractivity contribution in [2.75, 3.05) is 11.9 Å². The minimum absolute atomic E-state index is 0.161. The second-order valence-corrected chi connectivity index (χ2v) is 5.82. The maximum atomic E-state index is 8.59. The first-order chi connectivity index (χ1) is 7.55. The molecule has 0 spiro atoms. The normalized spacial score (nSPS) is 10.9. The third-order valence-electron chi connectivity index (χ3n) is 2.54. The summed E-state index contributed by atoms with van der Waals surface area (Å²) in [5.41, 5.74) is 1.34. The van der Waals surface area contributed by atoms with Gasteiger partial charge < -0.3 is 5.32 Å². The Kier molecular flexibility index (Phi) is 5.07. The lowest BCUT2D eigenvalue weighted by molar-refractivity contribution is 0.364. The van der Waals surface area contributed by atoms with E-state index in [0.29, 0.717) is 6.42 Å². The zero-order valence-corrected chi connectivity index (χ0v) is 11.9. The highest BCUT2D eigenvalue weighted by molar-refractivity contribution is 14.1. The molecule has 0 aliphatic carbocycles. The van der Waals surface area contributed by atoms with Crippen molar-refractivity contribution in [2.24, 2.45) is 5.41 Å². The molecule has 0 fully saturated rings. The van der Waals surface area contributed by atoms with Crippen LogP contribution >= 0.6 is 22.6 Å². The van der Waals surface area contributed by atoms with Crippen LogP contribution in [0.25, 0.3) is 0 Å². The fraction of sp³-hybridized carbons (Fsp3) is 0.462. The SMILES string of the molecule is CC(C)(CCC#N)CNc1ccccc1I. The number of para-hydroxylation sites is 1. The number of halogens is 1. The van der Waals surface area contributed by atoms with Crippen LogP contribution in [0.15, 0.2) is 24.3 Å². The van der Waals surface area contributed by atoms with Gasteiger partial charge in [-0.3, -0.25) is 0 Å². The van der Waals surface area contributed by atoms with E-state index in [4.69, 9.17) is 5.26 Å². The summed E-state index contributed by atoms with van der Waals surface area (Å²) in [5, 5.41) is 12.0. The van der Waals surface area contributed by atoms with Crippen molar-refractivity contribution in [3.8, 4) is 6.07 Å². The van der Waals surface area contributed by atoms with Crippen molar-refractivity contribution in [1.82, 2.24) is 0 Å². The zero-order valence-electron chi connectivity index (χ0n) is 9.76. The van der Waals surface area contributed by atoms with Crippen LogP contribution < -0.4 is 5.32 Å². The maximum Gasteiger partial charge on any atom is 0.0621 e. The number of anilines is 1. The molecule has 0 aliphatic heterocycles. The Bertz CT molecular complexity index is 380. The number of hydrogen-bond donors (Lipinski definition) is 1. The van der Waals surface area contributed by atoms with Gasteiger partial charge in [0, 0.05) is 22.2 Å². The van der Waals surface area contributed by atoms with Crippen molar-refractivity contribution >= 4 is 28.3 Å². The van der Waals surface area contributed by atoms with Gasteiger partial charge in [0.1, 0.15) is 0 Å². The Morgan fingerprint density at radius 3 is 2.69 bits per heavy atom. The van der Waals surface area contributed by atoms with Crippen molar-refractivity contribution < 1.29 is 0 Å². The molecule has 0 amide bonds. The molecule has 16 heavy (non-hydrogen) atoms. The highest BCUT2D eigenvalue weighted by Crippen LogP contribution is 2.24. The Labute approximate surface area is 111 Å². The molecule has 1 aromatic carbocycles. The molecule has 0 heterocycles. The molecule has 0 unspecified atom stereocenters. The lowest BCUT2D eigenvalue weighted by atomic mass is 9.88. The third kappa shape index (κ3) is 4.40. The molecule has 0 saturated heterocycles. The molecule has 86 valence electrons. The minimum atomic E-state index is 0.161. The standard InChI is InChI=1S/C13H17IN2/c1-13(2,8-5-9-15)10-16-12-7-4-3-6-11(12)14/h3-4,6-7,16H,5,8,10H2,1-2H3. The van der Waals surface area contributed by atoms with E-state index in [-0.39, 0.29) is 5.41 Å². The number of hydrogen-bond acceptors (Lipinski definition) is 2. The number of nitrogens with one attached hydrogen (secondary N) is 1. The van der Waals surface area contributed by atoms with Gasteiger partial charge in [-0.25, -0.2) is 0 Å². The quantitative estimate of drug-likeness (QED) is 0.828. The summed E-state index contributed by atoms with van der Waals surface area (Å²) in [4.78, 5) is 0. The molecule has 1 rings (SSSR count). The van der Waals surface area contributed by atoms with Gasteiger partial charge in [-0.15, -0.1) is 0 Å². The van der Waals surface area contributed by atoms with Crippen LogP contribution in [-0.2, 0) is 0 Å². The van der Waals surface area contributed by atoms with Crippen molar-refractivity contribution in [3.63, 3.8) is 0 Å². The van der Waals surface area contributed by atoms with Crippen LogP contribution in [-0.4, -0.2) is 6.54 Å². The van der Waals surface area contributed by atoms with Crippen LogP contribution in [0.4, 0.5) is 5.69 Å². The van der Waals surface area contributed by atoms with Crippen molar-refractivity contribution in [1.29, 1.82) is 5.26 Å². The molecule has 2 nitrogen and oxygen atoms in total. The summed E-state index contributed by atoms with van der Waals surface area (Å²) in [6.07, 6.45) is 1.56. The van der Waals surface area contributed by atoms with Gasteiger partial charge in [0.15, 0.2) is 0 Å². The third-order valence-corrected chi connectivity index (χ3v) is 3.49. The number of nitrogens with zero attached hydrogens (tertiary/aromatic N) is 1. The molecule has 0 aliphatic rings. The first kappa shape index (κ1) is 13.3. The van der Waals surface area contributed by atoms with Gasteiger partial charge in [0.05, 0.1) is 6.07 Å². The number of benzene rings is 1. The van der Waals surface area contributed by atoms with Crippen LogP contribution in [0.5, 0.6) is 0 Å². The molecule has 0 radical (unpaired) electrons. The van der Waals surface area contributed by atoms with Gasteiger partial charge in [-0.2, -0.15) is 5.26 Å². The minimum Gasteiger partial charge on any atom is -0.384 e. The highest BCUT2D eigenvalue weighted by atomic mass is 127. The molecule has 0 atom stereocenters. The summed E-state index contributed by atoms with van der Waals surface area (Å²) < 4.78 is 1.23. The van der Waals surface area contributed by atoms with Gasteiger partial charge >= 0.3 is 0 Å². The smallest absolute Gasteiger partial charge is 0.0621 e. The Morgan fingerprint density at radius 2 is 2.06 bits per heavy atom. The predicted octanol–water partition coefficient (Wildman–Crippen LogP) is 4.03. The number of nitriles is 1. The second-order valence-electron chi connectivity index (χ2n) is 4.66. The Balaban J connectivity index is 2.51. The van der Waals surface area contributed by atoms with E-state index in [0.717, 1.165) is 13.0 Å². The molecular weight excluding hydrogens is 311 g/mol. The lowest BCUT2D eigenvalue weighted by Gasteiger charge is -2.24. The topological polar surface area (TPSA) is 35.8 Å². The van der Waals surface area contributed by atoms with Crippen LogP contribution in [0, 0.1) is 20.3 Å². The van der Waals surface area contributed by atoms with E-state index in [1.165, 1.54) is 9.26 Å². The average Bonchev–Trinajstić information content (AvgIpc) is 2.26.